The second-order valence-corrected chi connectivity index (χ2v) is 12.0. The minimum absolute atomic E-state index is 0.0953. The van der Waals surface area contributed by atoms with Gasteiger partial charge in [0.15, 0.2) is 11.0 Å². The SMILES string of the molecule is Cc1ccccc1-n1c(SCc2nc(C(=O)NC3CCN(Cc4ccccc4)CC3)cs2)nnc1-c1ccncc1. The van der Waals surface area contributed by atoms with Crippen molar-refractivity contribution >= 4 is 29.0 Å². The summed E-state index contributed by atoms with van der Waals surface area (Å²) in [6.45, 7) is 4.99. The van der Waals surface area contributed by atoms with Gasteiger partial charge in [-0.1, -0.05) is 60.3 Å². The number of benzene rings is 2. The van der Waals surface area contributed by atoms with Crippen molar-refractivity contribution in [2.45, 2.75) is 43.3 Å². The Morgan fingerprint density at radius 3 is 2.54 bits per heavy atom. The van der Waals surface area contributed by atoms with E-state index in [1.54, 1.807) is 24.2 Å². The van der Waals surface area contributed by atoms with Crippen LogP contribution in [0, 0.1) is 6.92 Å². The fourth-order valence-corrected chi connectivity index (χ4v) is 6.76. The maximum Gasteiger partial charge on any atom is 0.270 e. The molecule has 0 unspecified atom stereocenters. The van der Waals surface area contributed by atoms with E-state index in [4.69, 9.17) is 0 Å². The van der Waals surface area contributed by atoms with E-state index in [0.29, 0.717) is 11.4 Å². The molecule has 5 aromatic rings. The van der Waals surface area contributed by atoms with Crippen LogP contribution in [0.1, 0.15) is 39.5 Å². The third-order valence-electron chi connectivity index (χ3n) is 7.21. The van der Waals surface area contributed by atoms with Gasteiger partial charge in [0.25, 0.3) is 5.91 Å². The topological polar surface area (TPSA) is 88.8 Å². The first-order valence-corrected chi connectivity index (χ1v) is 15.6. The number of aryl methyl sites for hydroxylation is 1. The quantitative estimate of drug-likeness (QED) is 0.221. The highest BCUT2D eigenvalue weighted by atomic mass is 32.2. The lowest BCUT2D eigenvalue weighted by Crippen LogP contribution is -2.44. The molecule has 0 atom stereocenters. The zero-order valence-corrected chi connectivity index (χ0v) is 24.4. The number of piperidine rings is 1. The molecule has 3 aromatic heterocycles. The molecule has 10 heteroatoms. The van der Waals surface area contributed by atoms with E-state index >= 15 is 0 Å². The summed E-state index contributed by atoms with van der Waals surface area (Å²) >= 11 is 3.07. The first-order chi connectivity index (χ1) is 20.1. The van der Waals surface area contributed by atoms with E-state index in [9.17, 15) is 4.79 Å². The Bertz CT molecular complexity index is 1600. The summed E-state index contributed by atoms with van der Waals surface area (Å²) in [6.07, 6.45) is 5.41. The molecule has 1 saturated heterocycles. The van der Waals surface area contributed by atoms with Gasteiger partial charge in [0.05, 0.1) is 11.4 Å². The molecule has 2 aromatic carbocycles. The lowest BCUT2D eigenvalue weighted by molar-refractivity contribution is 0.0904. The van der Waals surface area contributed by atoms with Crippen LogP contribution in [0.3, 0.4) is 0 Å². The fraction of sp³-hybridized carbons (Fsp3) is 0.258. The summed E-state index contributed by atoms with van der Waals surface area (Å²) in [5.41, 5.74) is 4.91. The van der Waals surface area contributed by atoms with Crippen molar-refractivity contribution in [1.82, 2.24) is 34.9 Å². The summed E-state index contributed by atoms with van der Waals surface area (Å²) in [7, 11) is 0. The molecule has 0 saturated carbocycles. The first kappa shape index (κ1) is 27.3. The molecule has 1 fully saturated rings. The number of likely N-dealkylation sites (tertiary alicyclic amines) is 1. The number of carbonyl (C=O) groups is 1. The Balaban J connectivity index is 1.08. The lowest BCUT2D eigenvalue weighted by atomic mass is 10.0. The molecule has 0 spiro atoms. The van der Waals surface area contributed by atoms with Gasteiger partial charge in [0.1, 0.15) is 10.7 Å². The van der Waals surface area contributed by atoms with E-state index in [0.717, 1.165) is 65.3 Å². The van der Waals surface area contributed by atoms with Gasteiger partial charge < -0.3 is 5.32 Å². The average Bonchev–Trinajstić information content (AvgIpc) is 3.66. The molecule has 1 aliphatic rings. The molecular weight excluding hydrogens is 551 g/mol. The van der Waals surface area contributed by atoms with Crippen molar-refractivity contribution in [1.29, 1.82) is 0 Å². The Labute approximate surface area is 247 Å². The summed E-state index contributed by atoms with van der Waals surface area (Å²) in [4.78, 5) is 24.2. The number of carbonyl (C=O) groups excluding carboxylic acids is 1. The minimum atomic E-state index is -0.0953. The molecule has 8 nitrogen and oxygen atoms in total. The highest BCUT2D eigenvalue weighted by Crippen LogP contribution is 2.31. The molecule has 1 amide bonds. The third-order valence-corrected chi connectivity index (χ3v) is 9.18. The average molecular weight is 582 g/mol. The predicted molar refractivity (Wildman–Crippen MR) is 163 cm³/mol. The molecule has 4 heterocycles. The highest BCUT2D eigenvalue weighted by Gasteiger charge is 2.23. The number of thiazole rings is 1. The van der Waals surface area contributed by atoms with Gasteiger partial charge in [0.2, 0.25) is 0 Å². The molecule has 1 N–H and O–H groups in total. The number of para-hydroxylation sites is 1. The Kier molecular flexibility index (Phi) is 8.50. The number of aromatic nitrogens is 5. The number of amides is 1. The van der Waals surface area contributed by atoms with Crippen LogP contribution in [0.15, 0.2) is 89.7 Å². The van der Waals surface area contributed by atoms with Crippen LogP contribution in [0.4, 0.5) is 0 Å². The van der Waals surface area contributed by atoms with Crippen molar-refractivity contribution in [2.24, 2.45) is 0 Å². The van der Waals surface area contributed by atoms with Crippen LogP contribution >= 0.6 is 23.1 Å². The number of hydrogen-bond acceptors (Lipinski definition) is 8. The van der Waals surface area contributed by atoms with Gasteiger partial charge in [-0.3, -0.25) is 19.2 Å². The Morgan fingerprint density at radius 2 is 1.76 bits per heavy atom. The second kappa shape index (κ2) is 12.8. The molecule has 6 rings (SSSR count). The number of nitrogens with one attached hydrogen (secondary N) is 1. The number of rotatable bonds is 9. The zero-order chi connectivity index (χ0) is 28.0. The Hall–Kier alpha value is -3.86. The van der Waals surface area contributed by atoms with Crippen LogP contribution in [-0.2, 0) is 12.3 Å². The molecule has 208 valence electrons. The number of pyridine rings is 1. The monoisotopic (exact) mass is 581 g/mol. The summed E-state index contributed by atoms with van der Waals surface area (Å²) in [5.74, 6) is 1.26. The number of hydrogen-bond donors (Lipinski definition) is 1. The smallest absolute Gasteiger partial charge is 0.270 e. The normalized spacial score (nSPS) is 14.3. The highest BCUT2D eigenvalue weighted by molar-refractivity contribution is 7.98. The maximum atomic E-state index is 13.0. The standard InChI is InChI=1S/C31H31N7OS2/c1-22-7-5-6-10-27(22)38-29(24-11-15-32-16-12-24)35-36-31(38)41-21-28-34-26(20-40-28)30(39)33-25-13-17-37(18-14-25)19-23-8-3-2-4-9-23/h2-12,15-16,20,25H,13-14,17-19,21H2,1H3,(H,33,39). The van der Waals surface area contributed by atoms with Gasteiger partial charge in [-0.15, -0.1) is 21.5 Å². The van der Waals surface area contributed by atoms with Crippen LogP contribution in [-0.4, -0.2) is 54.7 Å². The van der Waals surface area contributed by atoms with E-state index in [1.165, 1.54) is 16.9 Å². The van der Waals surface area contributed by atoms with Gasteiger partial charge in [-0.2, -0.15) is 0 Å². The van der Waals surface area contributed by atoms with Gasteiger partial charge in [-0.05, 0) is 49.1 Å². The van der Waals surface area contributed by atoms with Crippen LogP contribution in [0.2, 0.25) is 0 Å². The van der Waals surface area contributed by atoms with Gasteiger partial charge in [0, 0.05) is 49.0 Å². The predicted octanol–water partition coefficient (Wildman–Crippen LogP) is 5.78. The van der Waals surface area contributed by atoms with Crippen LogP contribution in [0.25, 0.3) is 17.1 Å². The van der Waals surface area contributed by atoms with Crippen molar-refractivity contribution in [3.63, 3.8) is 0 Å². The van der Waals surface area contributed by atoms with Crippen molar-refractivity contribution in [2.75, 3.05) is 13.1 Å². The maximum absolute atomic E-state index is 13.0. The third kappa shape index (κ3) is 6.56. The molecule has 1 aliphatic heterocycles. The largest absolute Gasteiger partial charge is 0.348 e. The van der Waals surface area contributed by atoms with Crippen molar-refractivity contribution < 1.29 is 4.79 Å². The fourth-order valence-electron chi connectivity index (χ4n) is 5.03. The van der Waals surface area contributed by atoms with E-state index in [1.807, 2.05) is 35.7 Å². The molecule has 0 radical (unpaired) electrons. The summed E-state index contributed by atoms with van der Waals surface area (Å²) < 4.78 is 2.08. The molecule has 0 bridgehead atoms. The minimum Gasteiger partial charge on any atom is -0.348 e. The summed E-state index contributed by atoms with van der Waals surface area (Å²) in [5, 5.41) is 15.8. The van der Waals surface area contributed by atoms with Gasteiger partial charge >= 0.3 is 0 Å². The Morgan fingerprint density at radius 1 is 1.00 bits per heavy atom. The summed E-state index contributed by atoms with van der Waals surface area (Å²) in [6, 6.07) is 22.8. The van der Waals surface area contributed by atoms with Crippen molar-refractivity contribution in [3.05, 3.63) is 106 Å². The van der Waals surface area contributed by atoms with Gasteiger partial charge in [-0.25, -0.2) is 4.98 Å². The first-order valence-electron chi connectivity index (χ1n) is 13.7. The van der Waals surface area contributed by atoms with Crippen LogP contribution < -0.4 is 5.32 Å². The van der Waals surface area contributed by atoms with E-state index in [2.05, 4.69) is 78.3 Å². The van der Waals surface area contributed by atoms with E-state index < -0.39 is 0 Å². The van der Waals surface area contributed by atoms with Crippen molar-refractivity contribution in [3.8, 4) is 17.1 Å². The number of nitrogens with zero attached hydrogens (tertiary/aromatic N) is 6. The van der Waals surface area contributed by atoms with Crippen LogP contribution in [0.5, 0.6) is 0 Å². The second-order valence-electron chi connectivity index (χ2n) is 10.1. The lowest BCUT2D eigenvalue weighted by Gasteiger charge is -2.32. The molecule has 0 aliphatic carbocycles. The molecule has 41 heavy (non-hydrogen) atoms. The molecular formula is C31H31N7OS2. The zero-order valence-electron chi connectivity index (χ0n) is 22.8. The number of thioether (sulfide) groups is 1. The van der Waals surface area contributed by atoms with E-state index in [-0.39, 0.29) is 11.9 Å².